The minimum atomic E-state index is -0.777. The van der Waals surface area contributed by atoms with Crippen molar-refractivity contribution in [2.75, 3.05) is 31.7 Å². The second-order valence-corrected chi connectivity index (χ2v) is 10.3. The van der Waals surface area contributed by atoms with Crippen LogP contribution in [0.15, 0.2) is 63.5 Å². The lowest BCUT2D eigenvalue weighted by molar-refractivity contribution is -0.384. The molecule has 1 saturated heterocycles. The highest BCUT2D eigenvalue weighted by atomic mass is 32.1. The number of nitro groups is 1. The van der Waals surface area contributed by atoms with E-state index in [0.717, 1.165) is 31.6 Å². The molecule has 3 heterocycles. The fourth-order valence-electron chi connectivity index (χ4n) is 5.08. The van der Waals surface area contributed by atoms with E-state index in [1.54, 1.807) is 51.3 Å². The first kappa shape index (κ1) is 26.4. The molecule has 0 aliphatic carbocycles. The molecule has 2 aromatic carbocycles. The van der Waals surface area contributed by atoms with Gasteiger partial charge in [-0.05, 0) is 56.5 Å². The van der Waals surface area contributed by atoms with Crippen molar-refractivity contribution in [1.29, 1.82) is 0 Å². The van der Waals surface area contributed by atoms with Crippen LogP contribution < -0.4 is 24.5 Å². The monoisotopic (exact) mass is 548 g/mol. The Labute approximate surface area is 228 Å². The fourth-order valence-corrected chi connectivity index (χ4v) is 6.11. The van der Waals surface area contributed by atoms with Gasteiger partial charge >= 0.3 is 5.97 Å². The molecule has 0 amide bonds. The Morgan fingerprint density at radius 3 is 2.69 bits per heavy atom. The predicted octanol–water partition coefficient (Wildman–Crippen LogP) is 3.32. The van der Waals surface area contributed by atoms with Gasteiger partial charge in [-0.2, -0.15) is 0 Å². The Kier molecular flexibility index (Phi) is 7.34. The van der Waals surface area contributed by atoms with Gasteiger partial charge in [0.1, 0.15) is 5.75 Å². The minimum Gasteiger partial charge on any atom is -0.497 e. The van der Waals surface area contributed by atoms with E-state index in [9.17, 15) is 19.7 Å². The summed E-state index contributed by atoms with van der Waals surface area (Å²) in [5.74, 6) is 0.0372. The van der Waals surface area contributed by atoms with Gasteiger partial charge in [0.25, 0.3) is 11.2 Å². The summed E-state index contributed by atoms with van der Waals surface area (Å²) in [6, 6.07) is 11.2. The summed E-state index contributed by atoms with van der Waals surface area (Å²) >= 11 is 1.18. The van der Waals surface area contributed by atoms with E-state index in [4.69, 9.17) is 9.47 Å². The quantitative estimate of drug-likeness (QED) is 0.253. The highest BCUT2D eigenvalue weighted by Gasteiger charge is 2.33. The smallest absolute Gasteiger partial charge is 0.338 e. The largest absolute Gasteiger partial charge is 0.497 e. The lowest BCUT2D eigenvalue weighted by Gasteiger charge is -2.25. The number of anilines is 1. The van der Waals surface area contributed by atoms with Gasteiger partial charge in [0.2, 0.25) is 0 Å². The van der Waals surface area contributed by atoms with Gasteiger partial charge in [-0.25, -0.2) is 9.79 Å². The van der Waals surface area contributed by atoms with Gasteiger partial charge in [0, 0.05) is 36.5 Å². The van der Waals surface area contributed by atoms with E-state index in [1.807, 2.05) is 6.07 Å². The molecule has 3 aromatic rings. The van der Waals surface area contributed by atoms with Crippen molar-refractivity contribution < 1.29 is 19.2 Å². The number of benzene rings is 2. The third kappa shape index (κ3) is 4.97. The maximum Gasteiger partial charge on any atom is 0.338 e. The molecule has 5 rings (SSSR count). The van der Waals surface area contributed by atoms with Crippen molar-refractivity contribution >= 4 is 34.8 Å². The first-order valence-electron chi connectivity index (χ1n) is 12.7. The molecule has 10 nitrogen and oxygen atoms in total. The average molecular weight is 549 g/mol. The molecule has 0 spiro atoms. The highest BCUT2D eigenvalue weighted by molar-refractivity contribution is 7.07. The van der Waals surface area contributed by atoms with Crippen molar-refractivity contribution in [3.8, 4) is 5.75 Å². The number of rotatable bonds is 7. The molecule has 0 N–H and O–H groups in total. The summed E-state index contributed by atoms with van der Waals surface area (Å²) in [6.45, 7) is 5.32. The predicted molar refractivity (Wildman–Crippen MR) is 148 cm³/mol. The second-order valence-electron chi connectivity index (χ2n) is 9.27. The van der Waals surface area contributed by atoms with E-state index in [0.29, 0.717) is 31.9 Å². The number of aromatic nitrogens is 1. The zero-order valence-electron chi connectivity index (χ0n) is 21.9. The third-order valence-corrected chi connectivity index (χ3v) is 7.86. The highest BCUT2D eigenvalue weighted by Crippen LogP contribution is 2.33. The normalized spacial score (nSPS) is 17.2. The topological polar surface area (TPSA) is 116 Å². The van der Waals surface area contributed by atoms with Gasteiger partial charge < -0.3 is 14.4 Å². The zero-order chi connectivity index (χ0) is 27.7. The summed E-state index contributed by atoms with van der Waals surface area (Å²) in [6.07, 6.45) is 3.76. The lowest BCUT2D eigenvalue weighted by Crippen LogP contribution is -2.40. The summed E-state index contributed by atoms with van der Waals surface area (Å²) < 4.78 is 12.6. The van der Waals surface area contributed by atoms with Crippen LogP contribution >= 0.6 is 11.3 Å². The first-order chi connectivity index (χ1) is 18.8. The van der Waals surface area contributed by atoms with E-state index in [-0.39, 0.29) is 23.4 Å². The zero-order valence-corrected chi connectivity index (χ0v) is 22.7. The molecule has 1 aromatic heterocycles. The molecule has 0 bridgehead atoms. The molecular formula is C28H28N4O6S. The number of esters is 1. The molecule has 1 fully saturated rings. The molecule has 11 heteroatoms. The van der Waals surface area contributed by atoms with E-state index < -0.39 is 16.9 Å². The maximum atomic E-state index is 14.0. The van der Waals surface area contributed by atoms with Crippen LogP contribution in [0.4, 0.5) is 11.4 Å². The van der Waals surface area contributed by atoms with Crippen LogP contribution in [0.1, 0.15) is 43.9 Å². The molecule has 0 radical (unpaired) electrons. The van der Waals surface area contributed by atoms with Crippen LogP contribution in [0.25, 0.3) is 6.08 Å². The van der Waals surface area contributed by atoms with Crippen LogP contribution in [-0.2, 0) is 9.53 Å². The number of allylic oxidation sites excluding steroid dienone is 1. The van der Waals surface area contributed by atoms with Crippen molar-refractivity contribution in [2.45, 2.75) is 32.7 Å². The number of methoxy groups -OCH3 is 1. The number of thiazole rings is 1. The van der Waals surface area contributed by atoms with E-state index in [2.05, 4.69) is 9.89 Å². The van der Waals surface area contributed by atoms with Gasteiger partial charge in [-0.3, -0.25) is 19.5 Å². The Balaban J connectivity index is 1.73. The van der Waals surface area contributed by atoms with E-state index >= 15 is 0 Å². The molecular weight excluding hydrogens is 520 g/mol. The second kappa shape index (κ2) is 10.9. The standard InChI is InChI=1S/C28H28N4O6S/c1-4-38-27(34)24-17(2)29-28-31(25(24)18-8-7-9-21(15-18)37-3)26(33)23(39-28)16-19-14-20(32(35)36)10-11-22(19)30-12-5-6-13-30/h7-11,14-16,25H,4-6,12-13H2,1-3H3/t25-/m1/s1. The number of nitro benzene ring substituents is 1. The molecule has 2 aliphatic heterocycles. The van der Waals surface area contributed by atoms with Crippen molar-refractivity contribution in [2.24, 2.45) is 4.99 Å². The van der Waals surface area contributed by atoms with E-state index in [1.165, 1.54) is 28.0 Å². The maximum absolute atomic E-state index is 14.0. The lowest BCUT2D eigenvalue weighted by atomic mass is 9.95. The number of ether oxygens (including phenoxy) is 2. The van der Waals surface area contributed by atoms with Gasteiger partial charge in [0.05, 0.1) is 40.5 Å². The number of carbonyl (C=O) groups excluding carboxylic acids is 1. The van der Waals surface area contributed by atoms with Crippen LogP contribution in [0.5, 0.6) is 5.75 Å². The average Bonchev–Trinajstić information content (AvgIpc) is 3.56. The minimum absolute atomic E-state index is 0.0494. The van der Waals surface area contributed by atoms with Crippen molar-refractivity contribution in [3.05, 3.63) is 94.7 Å². The SMILES string of the molecule is CCOC(=O)C1=C(C)N=c2sc(=Cc3cc([N+](=O)[O-])ccc3N3CCCC3)c(=O)n2[C@@H]1c1cccc(OC)c1. The van der Waals surface area contributed by atoms with Gasteiger partial charge in [0.15, 0.2) is 4.80 Å². The number of carbonyl (C=O) groups is 1. The molecule has 0 unspecified atom stereocenters. The summed E-state index contributed by atoms with van der Waals surface area (Å²) in [5, 5.41) is 11.5. The van der Waals surface area contributed by atoms with Crippen LogP contribution in [0, 0.1) is 10.1 Å². The van der Waals surface area contributed by atoms with Crippen molar-refractivity contribution in [3.63, 3.8) is 0 Å². The van der Waals surface area contributed by atoms with Crippen molar-refractivity contribution in [1.82, 2.24) is 4.57 Å². The number of hydrogen-bond acceptors (Lipinski definition) is 9. The van der Waals surface area contributed by atoms with Gasteiger partial charge in [-0.15, -0.1) is 0 Å². The summed E-state index contributed by atoms with van der Waals surface area (Å²) in [5.41, 5.74) is 2.45. The summed E-state index contributed by atoms with van der Waals surface area (Å²) in [7, 11) is 1.55. The number of nitrogens with zero attached hydrogens (tertiary/aromatic N) is 4. The number of fused-ring (bicyclic) bond motifs is 1. The Bertz CT molecular complexity index is 1670. The number of non-ortho nitro benzene ring substituents is 1. The first-order valence-corrected chi connectivity index (χ1v) is 13.5. The Hall–Kier alpha value is -4.25. The number of hydrogen-bond donors (Lipinski definition) is 0. The molecule has 0 saturated carbocycles. The molecule has 202 valence electrons. The van der Waals surface area contributed by atoms with Crippen LogP contribution in [0.3, 0.4) is 0 Å². The molecule has 2 aliphatic rings. The van der Waals surface area contributed by atoms with Crippen LogP contribution in [0.2, 0.25) is 0 Å². The fraction of sp³-hybridized carbons (Fsp3) is 0.321. The third-order valence-electron chi connectivity index (χ3n) is 6.88. The van der Waals surface area contributed by atoms with Gasteiger partial charge in [-0.1, -0.05) is 23.5 Å². The molecule has 1 atom stereocenters. The Morgan fingerprint density at radius 2 is 2.00 bits per heavy atom. The molecule has 39 heavy (non-hydrogen) atoms. The van der Waals surface area contributed by atoms with Crippen LogP contribution in [-0.4, -0.2) is 42.3 Å². The summed E-state index contributed by atoms with van der Waals surface area (Å²) in [4.78, 5) is 45.4. The Morgan fingerprint density at radius 1 is 1.23 bits per heavy atom.